The van der Waals surface area contributed by atoms with Crippen molar-refractivity contribution in [3.63, 3.8) is 0 Å². The first-order valence-electron chi connectivity index (χ1n) is 8.94. The summed E-state index contributed by atoms with van der Waals surface area (Å²) >= 11 is 0. The van der Waals surface area contributed by atoms with E-state index in [1.165, 1.54) is 11.1 Å². The quantitative estimate of drug-likeness (QED) is 0.648. The van der Waals surface area contributed by atoms with E-state index in [9.17, 15) is 0 Å². The highest BCUT2D eigenvalue weighted by Gasteiger charge is 2.44. The molecule has 0 spiro atoms. The van der Waals surface area contributed by atoms with Crippen molar-refractivity contribution in [3.05, 3.63) is 107 Å². The Balaban J connectivity index is 1.61. The molecule has 3 aliphatic rings. The zero-order valence-electron chi connectivity index (χ0n) is 15.0. The van der Waals surface area contributed by atoms with Gasteiger partial charge in [-0.15, -0.1) is 4.59 Å². The van der Waals surface area contributed by atoms with Crippen LogP contribution >= 0.6 is 0 Å². The highest BCUT2D eigenvalue weighted by molar-refractivity contribution is 6.02. The molecule has 0 fully saturated rings. The van der Waals surface area contributed by atoms with Gasteiger partial charge in [0.25, 0.3) is 5.84 Å². The van der Waals surface area contributed by atoms with Crippen LogP contribution in [-0.4, -0.2) is 16.6 Å². The predicted octanol–water partition coefficient (Wildman–Crippen LogP) is 4.38. The van der Waals surface area contributed by atoms with Crippen molar-refractivity contribution in [2.75, 3.05) is 0 Å². The van der Waals surface area contributed by atoms with Crippen LogP contribution in [0.5, 0.6) is 0 Å². The van der Waals surface area contributed by atoms with Crippen LogP contribution in [0.2, 0.25) is 0 Å². The van der Waals surface area contributed by atoms with Crippen LogP contribution in [0.1, 0.15) is 11.1 Å². The van der Waals surface area contributed by atoms with Gasteiger partial charge in [0.2, 0.25) is 5.70 Å². The van der Waals surface area contributed by atoms with E-state index in [2.05, 4.69) is 60.4 Å². The molecule has 1 atom stereocenters. The molecule has 130 valence electrons. The van der Waals surface area contributed by atoms with E-state index in [4.69, 9.17) is 10.8 Å². The molecule has 0 saturated carbocycles. The fourth-order valence-electron chi connectivity index (χ4n) is 3.52. The van der Waals surface area contributed by atoms with Gasteiger partial charge in [-0.1, -0.05) is 60.2 Å². The lowest BCUT2D eigenvalue weighted by molar-refractivity contribution is -0.750. The van der Waals surface area contributed by atoms with Crippen LogP contribution in [0.15, 0.2) is 106 Å². The van der Waals surface area contributed by atoms with Gasteiger partial charge in [0.15, 0.2) is 0 Å². The summed E-state index contributed by atoms with van der Waals surface area (Å²) in [6, 6.07) is 16.9. The van der Waals surface area contributed by atoms with Gasteiger partial charge in [0.1, 0.15) is 11.9 Å². The number of quaternary nitrogens is 1. The number of benzene rings is 2. The first kappa shape index (κ1) is 15.9. The van der Waals surface area contributed by atoms with E-state index in [0.717, 1.165) is 33.9 Å². The Hall–Kier alpha value is -3.34. The number of nitrogens with zero attached hydrogens (tertiary/aromatic N) is 3. The third kappa shape index (κ3) is 2.46. The number of aryl methyl sites for hydroxylation is 1. The Bertz CT molecular complexity index is 1130. The van der Waals surface area contributed by atoms with Crippen molar-refractivity contribution in [2.45, 2.75) is 6.92 Å². The number of aliphatic imine (C=N–C) groups is 2. The second kappa shape index (κ2) is 5.84. The van der Waals surface area contributed by atoms with E-state index in [1.807, 2.05) is 30.6 Å². The summed E-state index contributed by atoms with van der Waals surface area (Å²) in [5.41, 5.74) is 7.45. The average Bonchev–Trinajstić information content (AvgIpc) is 2.94. The van der Waals surface area contributed by atoms with E-state index >= 15 is 0 Å². The molecule has 0 amide bonds. The number of hydrogen-bond acceptors (Lipinski definition) is 3. The average molecular weight is 351 g/mol. The van der Waals surface area contributed by atoms with Crippen molar-refractivity contribution in [1.29, 1.82) is 0 Å². The molecule has 5 rings (SSSR count). The summed E-state index contributed by atoms with van der Waals surface area (Å²) in [6.07, 6.45) is 11.5. The zero-order valence-corrected chi connectivity index (χ0v) is 15.0. The lowest BCUT2D eigenvalue weighted by Crippen LogP contribution is -2.53. The highest BCUT2D eigenvalue weighted by Crippen LogP contribution is 2.36. The van der Waals surface area contributed by atoms with Crippen LogP contribution < -0.4 is 5.84 Å². The summed E-state index contributed by atoms with van der Waals surface area (Å²) in [7, 11) is 0. The van der Waals surface area contributed by atoms with Crippen molar-refractivity contribution < 1.29 is 4.59 Å². The van der Waals surface area contributed by atoms with E-state index < -0.39 is 0 Å². The van der Waals surface area contributed by atoms with Gasteiger partial charge >= 0.3 is 0 Å². The first-order valence-corrected chi connectivity index (χ1v) is 8.94. The monoisotopic (exact) mass is 351 g/mol. The van der Waals surface area contributed by atoms with Crippen molar-refractivity contribution in [1.82, 2.24) is 0 Å². The maximum absolute atomic E-state index is 6.78. The van der Waals surface area contributed by atoms with Crippen LogP contribution in [0.25, 0.3) is 11.1 Å². The standard InChI is InChI=1S/C23H19N4/c1-16-8-10-17(11-9-16)19-6-3-7-20(14-19)23-26-22(18-4-2-5-18)21-15-25-12-13-27(21,23)24/h2-15H,24H2,1H3/q+1. The fourth-order valence-corrected chi connectivity index (χ4v) is 3.52. The normalized spacial score (nSPS) is 22.4. The summed E-state index contributed by atoms with van der Waals surface area (Å²) in [4.78, 5) is 9.20. The van der Waals surface area contributed by atoms with Gasteiger partial charge in [0, 0.05) is 5.57 Å². The van der Waals surface area contributed by atoms with Crippen LogP contribution in [0.4, 0.5) is 0 Å². The number of rotatable bonds is 3. The number of nitrogens with two attached hydrogens (primary N) is 1. The molecular formula is C23H19N4+. The molecule has 2 aromatic rings. The number of hydrogen-bond donors (Lipinski definition) is 1. The van der Waals surface area contributed by atoms with Gasteiger partial charge in [-0.05, 0) is 30.2 Å². The Morgan fingerprint density at radius 1 is 0.963 bits per heavy atom. The smallest absolute Gasteiger partial charge is 0.253 e. The molecule has 0 aromatic heterocycles. The lowest BCUT2D eigenvalue weighted by Gasteiger charge is -2.26. The van der Waals surface area contributed by atoms with E-state index in [0.29, 0.717) is 0 Å². The van der Waals surface area contributed by atoms with Gasteiger partial charge in [0.05, 0.1) is 18.0 Å². The number of allylic oxidation sites excluding steroid dienone is 4. The molecule has 2 aromatic carbocycles. The number of amidine groups is 1. The Morgan fingerprint density at radius 3 is 2.48 bits per heavy atom. The number of fused-ring (bicyclic) bond motifs is 1. The molecule has 2 heterocycles. The molecule has 4 nitrogen and oxygen atoms in total. The summed E-state index contributed by atoms with van der Waals surface area (Å²) in [5.74, 6) is 7.58. The minimum Gasteiger partial charge on any atom is -0.253 e. The van der Waals surface area contributed by atoms with Crippen LogP contribution in [0, 0.1) is 6.92 Å². The Morgan fingerprint density at radius 2 is 1.74 bits per heavy atom. The third-order valence-electron chi connectivity index (χ3n) is 5.12. The fraction of sp³-hybridized carbons (Fsp3) is 0.0435. The van der Waals surface area contributed by atoms with E-state index in [1.54, 1.807) is 6.20 Å². The summed E-state index contributed by atoms with van der Waals surface area (Å²) in [5, 5.41) is 0. The molecule has 0 radical (unpaired) electrons. The van der Waals surface area contributed by atoms with Gasteiger partial charge in [-0.25, -0.2) is 0 Å². The molecule has 27 heavy (non-hydrogen) atoms. The second-order valence-electron chi connectivity index (χ2n) is 6.95. The third-order valence-corrected chi connectivity index (χ3v) is 5.12. The lowest BCUT2D eigenvalue weighted by atomic mass is 10.0. The largest absolute Gasteiger partial charge is 0.265 e. The first-order chi connectivity index (χ1) is 13.1. The topological polar surface area (TPSA) is 50.7 Å². The minimum atomic E-state index is 0.0430. The van der Waals surface area contributed by atoms with Crippen LogP contribution in [-0.2, 0) is 0 Å². The SMILES string of the molecule is Cc1ccc(-c2cccc(C3=NC(C4=CC=C4)=C4C=NC=C[N+]34N)c2)cc1. The zero-order chi connectivity index (χ0) is 18.4. The maximum Gasteiger partial charge on any atom is 0.265 e. The molecule has 4 heteroatoms. The van der Waals surface area contributed by atoms with Gasteiger partial charge in [-0.2, -0.15) is 10.8 Å². The minimum absolute atomic E-state index is 0.0430. The molecular weight excluding hydrogens is 332 g/mol. The Kier molecular flexibility index (Phi) is 3.44. The highest BCUT2D eigenvalue weighted by atomic mass is 15.6. The van der Waals surface area contributed by atoms with Crippen molar-refractivity contribution in [3.8, 4) is 11.1 Å². The molecule has 2 N–H and O–H groups in total. The maximum atomic E-state index is 6.78. The molecule has 0 saturated heterocycles. The summed E-state index contributed by atoms with van der Waals surface area (Å²) < 4.78 is 0.0430. The summed E-state index contributed by atoms with van der Waals surface area (Å²) in [6.45, 7) is 2.10. The predicted molar refractivity (Wildman–Crippen MR) is 109 cm³/mol. The van der Waals surface area contributed by atoms with E-state index in [-0.39, 0.29) is 4.59 Å². The van der Waals surface area contributed by atoms with Gasteiger partial charge in [-0.3, -0.25) is 4.99 Å². The molecule has 2 aliphatic heterocycles. The Labute approximate surface area is 158 Å². The molecule has 1 aliphatic carbocycles. The van der Waals surface area contributed by atoms with Crippen molar-refractivity contribution in [2.24, 2.45) is 15.8 Å². The van der Waals surface area contributed by atoms with Gasteiger partial charge < -0.3 is 0 Å². The molecule has 0 bridgehead atoms. The van der Waals surface area contributed by atoms with Crippen LogP contribution in [0.3, 0.4) is 0 Å². The second-order valence-corrected chi connectivity index (χ2v) is 6.95. The molecule has 1 unspecified atom stereocenters. The van der Waals surface area contributed by atoms with Crippen molar-refractivity contribution >= 4 is 12.1 Å².